The molecule has 0 amide bonds. The fourth-order valence-electron chi connectivity index (χ4n) is 1.72. The fraction of sp³-hybridized carbons (Fsp3) is 0.0833. The van der Waals surface area contributed by atoms with Crippen molar-refractivity contribution in [2.75, 3.05) is 0 Å². The minimum Gasteiger partial charge on any atom is -0.478 e. The first-order valence-corrected chi connectivity index (χ1v) is 4.77. The van der Waals surface area contributed by atoms with Crippen molar-refractivity contribution in [1.29, 1.82) is 0 Å². The number of fused-ring (bicyclic) bond motifs is 1. The maximum absolute atomic E-state index is 13.6. The molecular weight excluding hydrogens is 209 g/mol. The van der Waals surface area contributed by atoms with Gasteiger partial charge in [-0.25, -0.2) is 9.18 Å². The molecule has 0 fully saturated rings. The second-order valence-corrected chi connectivity index (χ2v) is 3.50. The average molecular weight is 219 g/mol. The molecule has 0 radical (unpaired) electrons. The lowest BCUT2D eigenvalue weighted by Gasteiger charge is -1.94. The van der Waals surface area contributed by atoms with Crippen LogP contribution in [0.1, 0.15) is 11.3 Å². The first kappa shape index (κ1) is 10.4. The number of aromatic amines is 1. The number of carbonyl (C=O) groups is 1. The Morgan fingerprint density at radius 2 is 2.25 bits per heavy atom. The van der Waals surface area contributed by atoms with Crippen LogP contribution in [-0.4, -0.2) is 16.1 Å². The van der Waals surface area contributed by atoms with Gasteiger partial charge in [0.2, 0.25) is 0 Å². The van der Waals surface area contributed by atoms with Crippen molar-refractivity contribution in [3.05, 3.63) is 41.3 Å². The van der Waals surface area contributed by atoms with Crippen LogP contribution in [0.4, 0.5) is 4.39 Å². The third kappa shape index (κ3) is 1.69. The molecule has 0 saturated carbocycles. The van der Waals surface area contributed by atoms with Crippen LogP contribution in [0.2, 0.25) is 0 Å². The Bertz CT molecular complexity index is 584. The van der Waals surface area contributed by atoms with E-state index in [1.165, 1.54) is 12.1 Å². The standard InChI is InChI=1S/C12H10FNO2/c1-7-8(5-6-11(15)16)12-9(13)3-2-4-10(12)14-7/h2-6,14H,1H3,(H,15,16)/b6-5+. The molecule has 1 heterocycles. The molecule has 0 saturated heterocycles. The predicted octanol–water partition coefficient (Wildman–Crippen LogP) is 2.71. The number of rotatable bonds is 2. The molecule has 0 unspecified atom stereocenters. The zero-order valence-electron chi connectivity index (χ0n) is 8.62. The van der Waals surface area contributed by atoms with Gasteiger partial charge in [-0.1, -0.05) is 6.07 Å². The highest BCUT2D eigenvalue weighted by Gasteiger charge is 2.09. The number of hydrogen-bond acceptors (Lipinski definition) is 1. The van der Waals surface area contributed by atoms with Gasteiger partial charge in [0, 0.05) is 28.2 Å². The molecule has 1 aromatic carbocycles. The number of benzene rings is 1. The van der Waals surface area contributed by atoms with E-state index in [9.17, 15) is 9.18 Å². The third-order valence-corrected chi connectivity index (χ3v) is 2.40. The van der Waals surface area contributed by atoms with E-state index in [-0.39, 0.29) is 5.82 Å². The summed E-state index contributed by atoms with van der Waals surface area (Å²) in [7, 11) is 0. The summed E-state index contributed by atoms with van der Waals surface area (Å²) < 4.78 is 13.6. The quantitative estimate of drug-likeness (QED) is 0.763. The van der Waals surface area contributed by atoms with Crippen LogP contribution in [0.15, 0.2) is 24.3 Å². The predicted molar refractivity (Wildman–Crippen MR) is 59.7 cm³/mol. The molecule has 2 N–H and O–H groups in total. The molecule has 2 aromatic rings. The molecule has 2 rings (SSSR count). The largest absolute Gasteiger partial charge is 0.478 e. The molecule has 0 atom stereocenters. The van der Waals surface area contributed by atoms with Crippen LogP contribution in [0.25, 0.3) is 17.0 Å². The zero-order valence-corrected chi connectivity index (χ0v) is 8.62. The fourth-order valence-corrected chi connectivity index (χ4v) is 1.72. The Morgan fingerprint density at radius 3 is 2.94 bits per heavy atom. The van der Waals surface area contributed by atoms with Gasteiger partial charge in [0.25, 0.3) is 0 Å². The van der Waals surface area contributed by atoms with Gasteiger partial charge in [0.05, 0.1) is 0 Å². The third-order valence-electron chi connectivity index (χ3n) is 2.40. The van der Waals surface area contributed by atoms with Crippen molar-refractivity contribution in [2.24, 2.45) is 0 Å². The van der Waals surface area contributed by atoms with Crippen LogP contribution < -0.4 is 0 Å². The minimum absolute atomic E-state index is 0.355. The first-order chi connectivity index (χ1) is 7.59. The second kappa shape index (κ2) is 3.81. The van der Waals surface area contributed by atoms with Crippen LogP contribution in [0.5, 0.6) is 0 Å². The molecule has 0 aliphatic rings. The number of halogens is 1. The maximum atomic E-state index is 13.6. The highest BCUT2D eigenvalue weighted by Crippen LogP contribution is 2.25. The molecule has 82 valence electrons. The number of hydrogen-bond donors (Lipinski definition) is 2. The summed E-state index contributed by atoms with van der Waals surface area (Å²) in [5.74, 6) is -1.41. The molecule has 0 aliphatic carbocycles. The number of aryl methyl sites for hydroxylation is 1. The smallest absolute Gasteiger partial charge is 0.328 e. The average Bonchev–Trinajstić information content (AvgIpc) is 2.52. The van der Waals surface area contributed by atoms with Crippen LogP contribution >= 0.6 is 0 Å². The Morgan fingerprint density at radius 1 is 1.50 bits per heavy atom. The van der Waals surface area contributed by atoms with E-state index in [1.807, 2.05) is 0 Å². The lowest BCUT2D eigenvalue weighted by molar-refractivity contribution is -0.131. The summed E-state index contributed by atoms with van der Waals surface area (Å²) >= 11 is 0. The number of aromatic nitrogens is 1. The summed E-state index contributed by atoms with van der Waals surface area (Å²) in [6.45, 7) is 1.78. The molecule has 16 heavy (non-hydrogen) atoms. The molecule has 0 spiro atoms. The second-order valence-electron chi connectivity index (χ2n) is 3.50. The van der Waals surface area contributed by atoms with Gasteiger partial charge in [0.1, 0.15) is 5.82 Å². The van der Waals surface area contributed by atoms with E-state index in [1.54, 1.807) is 19.1 Å². The van der Waals surface area contributed by atoms with Gasteiger partial charge < -0.3 is 10.1 Å². The molecule has 1 aromatic heterocycles. The van der Waals surface area contributed by atoms with E-state index in [0.717, 1.165) is 11.8 Å². The number of nitrogens with one attached hydrogen (secondary N) is 1. The number of carboxylic acid groups (broad SMARTS) is 1. The molecule has 4 heteroatoms. The molecule has 3 nitrogen and oxygen atoms in total. The Kier molecular flexibility index (Phi) is 2.48. The van der Waals surface area contributed by atoms with Gasteiger partial charge in [0.15, 0.2) is 0 Å². The first-order valence-electron chi connectivity index (χ1n) is 4.77. The normalized spacial score (nSPS) is 11.4. The molecule has 0 bridgehead atoms. The Hall–Kier alpha value is -2.10. The van der Waals surface area contributed by atoms with E-state index in [4.69, 9.17) is 5.11 Å². The monoisotopic (exact) mass is 219 g/mol. The highest BCUT2D eigenvalue weighted by molar-refractivity contribution is 5.94. The van der Waals surface area contributed by atoms with Gasteiger partial charge in [-0.3, -0.25) is 0 Å². The van der Waals surface area contributed by atoms with Crippen molar-refractivity contribution >= 4 is 22.9 Å². The summed E-state index contributed by atoms with van der Waals surface area (Å²) in [4.78, 5) is 13.4. The maximum Gasteiger partial charge on any atom is 0.328 e. The zero-order chi connectivity index (χ0) is 11.7. The van der Waals surface area contributed by atoms with Crippen LogP contribution in [0, 0.1) is 12.7 Å². The lowest BCUT2D eigenvalue weighted by Crippen LogP contribution is -1.86. The van der Waals surface area contributed by atoms with Crippen molar-refractivity contribution in [1.82, 2.24) is 4.98 Å². The van der Waals surface area contributed by atoms with Gasteiger partial charge >= 0.3 is 5.97 Å². The van der Waals surface area contributed by atoms with Gasteiger partial charge in [-0.2, -0.15) is 0 Å². The van der Waals surface area contributed by atoms with Gasteiger partial charge in [-0.05, 0) is 25.1 Å². The topological polar surface area (TPSA) is 53.1 Å². The summed E-state index contributed by atoms with van der Waals surface area (Å²) in [5.41, 5.74) is 2.00. The van der Waals surface area contributed by atoms with Crippen molar-refractivity contribution in [3.8, 4) is 0 Å². The lowest BCUT2D eigenvalue weighted by atomic mass is 10.1. The van der Waals surface area contributed by atoms with E-state index in [0.29, 0.717) is 16.5 Å². The van der Waals surface area contributed by atoms with E-state index >= 15 is 0 Å². The number of aliphatic carboxylic acids is 1. The molecule has 0 aliphatic heterocycles. The number of H-pyrrole nitrogens is 1. The summed E-state index contributed by atoms with van der Waals surface area (Å²) in [5, 5.41) is 8.98. The van der Waals surface area contributed by atoms with Crippen molar-refractivity contribution < 1.29 is 14.3 Å². The minimum atomic E-state index is -1.05. The van der Waals surface area contributed by atoms with Crippen molar-refractivity contribution in [3.63, 3.8) is 0 Å². The van der Waals surface area contributed by atoms with E-state index < -0.39 is 5.97 Å². The number of carboxylic acids is 1. The Balaban J connectivity index is 2.68. The molecular formula is C12H10FNO2. The summed E-state index contributed by atoms with van der Waals surface area (Å²) in [6, 6.07) is 4.72. The summed E-state index contributed by atoms with van der Waals surface area (Å²) in [6.07, 6.45) is 2.40. The Labute approximate surface area is 91.2 Å². The van der Waals surface area contributed by atoms with Crippen LogP contribution in [-0.2, 0) is 4.79 Å². The van der Waals surface area contributed by atoms with Gasteiger partial charge in [-0.15, -0.1) is 0 Å². The SMILES string of the molecule is Cc1[nH]c2cccc(F)c2c1/C=C/C(=O)O. The van der Waals surface area contributed by atoms with Crippen molar-refractivity contribution in [2.45, 2.75) is 6.92 Å². The van der Waals surface area contributed by atoms with E-state index in [2.05, 4.69) is 4.98 Å². The van der Waals surface area contributed by atoms with Crippen LogP contribution in [0.3, 0.4) is 0 Å². The highest BCUT2D eigenvalue weighted by atomic mass is 19.1.